The van der Waals surface area contributed by atoms with Crippen LogP contribution in [0.2, 0.25) is 0 Å². The van der Waals surface area contributed by atoms with E-state index in [9.17, 15) is 17.4 Å². The lowest BCUT2D eigenvalue weighted by atomic mass is 10.2. The number of halogens is 3. The maximum atomic E-state index is 12.6. The van der Waals surface area contributed by atoms with Gasteiger partial charge in [0.05, 0.1) is 5.69 Å². The highest BCUT2D eigenvalue weighted by molar-refractivity contribution is 8.00. The van der Waals surface area contributed by atoms with Crippen molar-refractivity contribution in [2.24, 2.45) is 11.4 Å². The summed E-state index contributed by atoms with van der Waals surface area (Å²) >= 11 is -0.339. The summed E-state index contributed by atoms with van der Waals surface area (Å²) in [5.41, 5.74) is -4.09. The Morgan fingerprint density at radius 3 is 2.73 bits per heavy atom. The number of hydrogen-bond donors (Lipinski definition) is 0. The molecule has 10 heteroatoms. The minimum atomic E-state index is -4.44. The van der Waals surface area contributed by atoms with Crippen molar-refractivity contribution >= 4 is 28.9 Å². The van der Waals surface area contributed by atoms with Crippen LogP contribution in [-0.2, 0) is 25.1 Å². The number of rotatable bonds is 5. The average molecular weight is 349 g/mol. The molecule has 0 aliphatic heterocycles. The number of alkyl halides is 3. The third-order valence-corrected chi connectivity index (χ3v) is 3.63. The van der Waals surface area contributed by atoms with Gasteiger partial charge in [-0.15, -0.1) is 5.10 Å². The first-order chi connectivity index (χ1) is 10.4. The van der Waals surface area contributed by atoms with Gasteiger partial charge in [0.2, 0.25) is 17.3 Å². The minimum Gasteiger partial charge on any atom is -0.472 e. The zero-order chi connectivity index (χ0) is 16.2. The van der Waals surface area contributed by atoms with Gasteiger partial charge in [0, 0.05) is 29.8 Å². The molecule has 22 heavy (non-hydrogen) atoms. The van der Waals surface area contributed by atoms with Gasteiger partial charge in [-0.1, -0.05) is 6.07 Å². The Morgan fingerprint density at radius 2 is 2.14 bits per heavy atom. The SMILES string of the molecule is Cn1ccc(OCc2c(N=S=O)cccc2SC(F)(F)F)n1. The highest BCUT2D eigenvalue weighted by Crippen LogP contribution is 2.41. The second-order valence-electron chi connectivity index (χ2n) is 4.08. The van der Waals surface area contributed by atoms with Crippen molar-refractivity contribution in [3.63, 3.8) is 0 Å². The number of hydrogen-bond acceptors (Lipinski definition) is 5. The smallest absolute Gasteiger partial charge is 0.446 e. The van der Waals surface area contributed by atoms with Crippen LogP contribution in [0.1, 0.15) is 5.56 Å². The van der Waals surface area contributed by atoms with Gasteiger partial charge < -0.3 is 4.74 Å². The minimum absolute atomic E-state index is 0.0567. The van der Waals surface area contributed by atoms with Crippen LogP contribution in [0.25, 0.3) is 0 Å². The summed E-state index contributed by atoms with van der Waals surface area (Å²) in [7, 11) is 1.69. The predicted octanol–water partition coefficient (Wildman–Crippen LogP) is 3.64. The number of nitrogens with zero attached hydrogens (tertiary/aromatic N) is 3. The van der Waals surface area contributed by atoms with E-state index in [1.165, 1.54) is 22.9 Å². The molecule has 2 aromatic rings. The van der Waals surface area contributed by atoms with E-state index in [4.69, 9.17) is 4.74 Å². The fourth-order valence-corrected chi connectivity index (χ4v) is 2.60. The molecule has 1 aromatic carbocycles. The maximum absolute atomic E-state index is 12.6. The molecule has 0 atom stereocenters. The van der Waals surface area contributed by atoms with Crippen LogP contribution in [0.4, 0.5) is 18.9 Å². The van der Waals surface area contributed by atoms with E-state index in [1.807, 2.05) is 0 Å². The molecule has 0 fully saturated rings. The summed E-state index contributed by atoms with van der Waals surface area (Å²) in [5.74, 6) is 0.273. The second kappa shape index (κ2) is 6.97. The van der Waals surface area contributed by atoms with E-state index in [0.29, 0.717) is 0 Å². The molecule has 0 aliphatic carbocycles. The molecule has 1 heterocycles. The average Bonchev–Trinajstić information content (AvgIpc) is 2.82. The van der Waals surface area contributed by atoms with E-state index in [0.717, 1.165) is 0 Å². The Labute approximate surface area is 131 Å². The van der Waals surface area contributed by atoms with Crippen molar-refractivity contribution in [1.29, 1.82) is 0 Å². The third-order valence-electron chi connectivity index (χ3n) is 2.52. The van der Waals surface area contributed by atoms with E-state index in [1.54, 1.807) is 19.3 Å². The lowest BCUT2D eigenvalue weighted by Gasteiger charge is -2.12. The van der Waals surface area contributed by atoms with Crippen molar-refractivity contribution in [3.05, 3.63) is 36.0 Å². The lowest BCUT2D eigenvalue weighted by molar-refractivity contribution is -0.0328. The standard InChI is InChI=1S/C12H10F3N3O2S2/c1-18-6-5-11(16-18)20-7-8-9(17-22-19)3-2-4-10(8)21-12(13,14)15/h2-6H,7H2,1H3. The van der Waals surface area contributed by atoms with Crippen molar-refractivity contribution in [1.82, 2.24) is 9.78 Å². The predicted molar refractivity (Wildman–Crippen MR) is 76.1 cm³/mol. The zero-order valence-electron chi connectivity index (χ0n) is 11.2. The van der Waals surface area contributed by atoms with E-state index >= 15 is 0 Å². The van der Waals surface area contributed by atoms with Gasteiger partial charge in [-0.25, -0.2) is 0 Å². The fourth-order valence-electron chi connectivity index (χ4n) is 1.66. The van der Waals surface area contributed by atoms with Gasteiger partial charge in [-0.3, -0.25) is 4.68 Å². The second-order valence-corrected chi connectivity index (χ2v) is 5.52. The quantitative estimate of drug-likeness (QED) is 0.774. The molecule has 0 radical (unpaired) electrons. The molecule has 0 amide bonds. The lowest BCUT2D eigenvalue weighted by Crippen LogP contribution is -2.04. The molecule has 0 spiro atoms. The summed E-state index contributed by atoms with van der Waals surface area (Å²) in [6.45, 7) is -0.171. The monoisotopic (exact) mass is 349 g/mol. The molecule has 0 saturated heterocycles. The maximum Gasteiger partial charge on any atom is 0.446 e. The fraction of sp³-hybridized carbons (Fsp3) is 0.250. The zero-order valence-corrected chi connectivity index (χ0v) is 12.8. The Kier molecular flexibility index (Phi) is 5.24. The van der Waals surface area contributed by atoms with Gasteiger partial charge in [0.25, 0.3) is 0 Å². The van der Waals surface area contributed by atoms with E-state index in [2.05, 4.69) is 9.46 Å². The highest BCUT2D eigenvalue weighted by atomic mass is 32.2. The first kappa shape index (κ1) is 16.6. The Balaban J connectivity index is 2.30. The summed E-state index contributed by atoms with van der Waals surface area (Å²) < 4.78 is 58.9. The summed E-state index contributed by atoms with van der Waals surface area (Å²) in [4.78, 5) is -0.0567. The molecule has 1 aromatic heterocycles. The van der Waals surface area contributed by atoms with Crippen molar-refractivity contribution < 1.29 is 22.1 Å². The Hall–Kier alpha value is -1.81. The number of thioether (sulfide) groups is 1. The van der Waals surface area contributed by atoms with Crippen molar-refractivity contribution in [2.75, 3.05) is 0 Å². The Bertz CT molecular complexity index is 712. The number of aromatic nitrogens is 2. The summed E-state index contributed by atoms with van der Waals surface area (Å²) in [6, 6.07) is 5.76. The molecule has 0 saturated carbocycles. The first-order valence-corrected chi connectivity index (χ1v) is 7.40. The third kappa shape index (κ3) is 4.60. The van der Waals surface area contributed by atoms with Crippen LogP contribution < -0.4 is 4.74 Å². The highest BCUT2D eigenvalue weighted by Gasteiger charge is 2.31. The van der Waals surface area contributed by atoms with E-state index in [-0.39, 0.29) is 51.9 Å². The summed E-state index contributed by atoms with van der Waals surface area (Å²) in [6.07, 6.45) is 1.64. The molecule has 0 bridgehead atoms. The number of ether oxygens (including phenoxy) is 1. The van der Waals surface area contributed by atoms with Crippen molar-refractivity contribution in [2.45, 2.75) is 17.0 Å². The van der Waals surface area contributed by atoms with Gasteiger partial charge in [0.15, 0.2) is 0 Å². The first-order valence-electron chi connectivity index (χ1n) is 5.89. The largest absolute Gasteiger partial charge is 0.472 e. The van der Waals surface area contributed by atoms with Crippen LogP contribution in [0.5, 0.6) is 5.88 Å². The van der Waals surface area contributed by atoms with Gasteiger partial charge in [0.1, 0.15) is 6.61 Å². The molecule has 118 valence electrons. The van der Waals surface area contributed by atoms with Crippen molar-refractivity contribution in [3.8, 4) is 5.88 Å². The topological polar surface area (TPSA) is 56.5 Å². The molecule has 0 aliphatic rings. The number of benzene rings is 1. The molecule has 0 N–H and O–H groups in total. The van der Waals surface area contributed by atoms with Crippen LogP contribution in [0.3, 0.4) is 0 Å². The van der Waals surface area contributed by atoms with Crippen LogP contribution in [0.15, 0.2) is 39.7 Å². The molecular weight excluding hydrogens is 339 g/mol. The molecule has 5 nitrogen and oxygen atoms in total. The number of aryl methyl sites for hydroxylation is 1. The normalized spacial score (nSPS) is 11.3. The van der Waals surface area contributed by atoms with E-state index < -0.39 is 5.51 Å². The van der Waals surface area contributed by atoms with Gasteiger partial charge >= 0.3 is 5.51 Å². The van der Waals surface area contributed by atoms with Crippen LogP contribution in [-0.4, -0.2) is 19.5 Å². The molecule has 0 unspecified atom stereocenters. The van der Waals surface area contributed by atoms with Crippen LogP contribution >= 0.6 is 11.8 Å². The van der Waals surface area contributed by atoms with Gasteiger partial charge in [-0.2, -0.15) is 21.7 Å². The van der Waals surface area contributed by atoms with Gasteiger partial charge in [-0.05, 0) is 23.9 Å². The molecular formula is C12H10F3N3O2S2. The summed E-state index contributed by atoms with van der Waals surface area (Å²) in [5, 5.41) is 3.97. The Morgan fingerprint density at radius 1 is 1.36 bits per heavy atom. The van der Waals surface area contributed by atoms with Crippen LogP contribution in [0, 0.1) is 0 Å². The molecule has 2 rings (SSSR count).